The quantitative estimate of drug-likeness (QED) is 0.778. The molecule has 0 bridgehead atoms. The van der Waals surface area contributed by atoms with Crippen LogP contribution in [0.5, 0.6) is 0 Å². The van der Waals surface area contributed by atoms with Gasteiger partial charge in [-0.3, -0.25) is 14.5 Å². The summed E-state index contributed by atoms with van der Waals surface area (Å²) in [7, 11) is 0. The number of nitrogens with zero attached hydrogens (tertiary/aromatic N) is 2. The first-order valence-corrected chi connectivity index (χ1v) is 9.06. The average Bonchev–Trinajstić information content (AvgIpc) is 2.95. The number of carboxylic acid groups (broad SMARTS) is 2. The van der Waals surface area contributed by atoms with Crippen molar-refractivity contribution in [3.63, 3.8) is 0 Å². The first kappa shape index (κ1) is 18.3. The van der Waals surface area contributed by atoms with Crippen molar-refractivity contribution in [1.82, 2.24) is 10.1 Å². The zero-order valence-electron chi connectivity index (χ0n) is 14.3. The minimum atomic E-state index is -1.23. The van der Waals surface area contributed by atoms with Gasteiger partial charge < -0.3 is 14.7 Å². The van der Waals surface area contributed by atoms with Crippen molar-refractivity contribution < 1.29 is 24.3 Å². The summed E-state index contributed by atoms with van der Waals surface area (Å²) in [5.41, 5.74) is -0.721. The van der Waals surface area contributed by atoms with Crippen LogP contribution in [0.15, 0.2) is 22.7 Å². The highest BCUT2D eigenvalue weighted by Gasteiger charge is 2.80. The van der Waals surface area contributed by atoms with Gasteiger partial charge in [-0.25, -0.2) is 0 Å². The molecule has 0 radical (unpaired) electrons. The third-order valence-electron chi connectivity index (χ3n) is 5.77. The highest BCUT2D eigenvalue weighted by Crippen LogP contribution is 2.68. The van der Waals surface area contributed by atoms with Crippen LogP contribution in [0.3, 0.4) is 0 Å². The molecule has 9 heteroatoms. The first-order valence-electron chi connectivity index (χ1n) is 8.30. The molecule has 142 valence electrons. The molecule has 2 N–H and O–H groups in total. The lowest BCUT2D eigenvalue weighted by Crippen LogP contribution is -2.28. The zero-order valence-corrected chi connectivity index (χ0v) is 15.8. The normalized spacial score (nSPS) is 26.8. The van der Waals surface area contributed by atoms with Gasteiger partial charge in [-0.2, -0.15) is 0 Å². The SMILES string of the molecule is Cc1onc(-c2c(Cl)cccc2Cl)c1CN1C[C@@]2(C(=O)O)C[C@@]2(C(=O)O)C1. The Bertz CT molecular complexity index is 926. The van der Waals surface area contributed by atoms with Crippen LogP contribution in [0, 0.1) is 17.8 Å². The van der Waals surface area contributed by atoms with Gasteiger partial charge in [0.15, 0.2) is 0 Å². The fraction of sp³-hybridized carbons (Fsp3) is 0.389. The van der Waals surface area contributed by atoms with Crippen molar-refractivity contribution in [2.24, 2.45) is 10.8 Å². The standard InChI is InChI=1S/C18H16Cl2N2O5/c1-9-10(14(21-27-9)13-11(19)3-2-4-12(13)20)5-22-7-17(15(23)24)6-18(17,8-22)16(25)26/h2-4H,5-8H2,1H3,(H,23,24)(H,25,26)/t17-,18+. The molecule has 1 saturated carbocycles. The number of fused-ring (bicyclic) bond motifs is 1. The van der Waals surface area contributed by atoms with E-state index in [4.69, 9.17) is 27.7 Å². The number of rotatable bonds is 5. The summed E-state index contributed by atoms with van der Waals surface area (Å²) in [4.78, 5) is 25.2. The molecule has 0 spiro atoms. The lowest BCUT2D eigenvalue weighted by Gasteiger charge is -2.19. The zero-order chi connectivity index (χ0) is 19.6. The molecule has 2 aliphatic rings. The number of aromatic nitrogens is 1. The van der Waals surface area contributed by atoms with E-state index in [9.17, 15) is 19.8 Å². The summed E-state index contributed by atoms with van der Waals surface area (Å²) in [5.74, 6) is -1.58. The largest absolute Gasteiger partial charge is 0.481 e. The molecule has 7 nitrogen and oxygen atoms in total. The molecule has 1 aromatic carbocycles. The van der Waals surface area contributed by atoms with Gasteiger partial charge in [0, 0.05) is 30.8 Å². The molecule has 0 amide bonds. The van der Waals surface area contributed by atoms with Crippen LogP contribution >= 0.6 is 23.2 Å². The summed E-state index contributed by atoms with van der Waals surface area (Å²) in [6.45, 7) is 2.37. The van der Waals surface area contributed by atoms with Gasteiger partial charge in [0.25, 0.3) is 0 Å². The van der Waals surface area contributed by atoms with E-state index in [0.717, 1.165) is 0 Å². The highest BCUT2D eigenvalue weighted by molar-refractivity contribution is 6.39. The number of halogens is 2. The second-order valence-electron chi connectivity index (χ2n) is 7.26. The molecule has 4 rings (SSSR count). The maximum Gasteiger partial charge on any atom is 0.312 e. The molecule has 1 aliphatic carbocycles. The van der Waals surface area contributed by atoms with Crippen LogP contribution in [-0.4, -0.2) is 45.3 Å². The summed E-state index contributed by atoms with van der Waals surface area (Å²) >= 11 is 12.6. The number of carboxylic acids is 2. The van der Waals surface area contributed by atoms with E-state index in [2.05, 4.69) is 5.16 Å². The Morgan fingerprint density at radius 3 is 2.26 bits per heavy atom. The second-order valence-corrected chi connectivity index (χ2v) is 8.07. The maximum absolute atomic E-state index is 11.7. The number of hydrogen-bond acceptors (Lipinski definition) is 5. The Kier molecular flexibility index (Phi) is 4.03. The number of hydrogen-bond donors (Lipinski definition) is 2. The number of aryl methyl sites for hydroxylation is 1. The Hall–Kier alpha value is -2.09. The van der Waals surface area contributed by atoms with E-state index in [-0.39, 0.29) is 19.5 Å². The summed E-state index contributed by atoms with van der Waals surface area (Å²) < 4.78 is 5.33. The fourth-order valence-electron chi connectivity index (χ4n) is 4.23. The predicted octanol–water partition coefficient (Wildman–Crippen LogP) is 3.32. The van der Waals surface area contributed by atoms with Crippen LogP contribution < -0.4 is 0 Å². The number of piperidine rings is 1. The lowest BCUT2D eigenvalue weighted by atomic mass is 9.97. The van der Waals surface area contributed by atoms with E-state index >= 15 is 0 Å². The molecule has 1 saturated heterocycles. The molecule has 1 aromatic heterocycles. The lowest BCUT2D eigenvalue weighted by molar-refractivity contribution is -0.151. The molecular formula is C18H16Cl2N2O5. The van der Waals surface area contributed by atoms with Crippen molar-refractivity contribution >= 4 is 35.1 Å². The highest BCUT2D eigenvalue weighted by atomic mass is 35.5. The van der Waals surface area contributed by atoms with E-state index in [0.29, 0.717) is 39.2 Å². The Morgan fingerprint density at radius 2 is 1.74 bits per heavy atom. The monoisotopic (exact) mass is 410 g/mol. The Balaban J connectivity index is 1.67. The van der Waals surface area contributed by atoms with Crippen LogP contribution in [0.2, 0.25) is 10.0 Å². The van der Waals surface area contributed by atoms with Crippen molar-refractivity contribution in [3.8, 4) is 11.3 Å². The van der Waals surface area contributed by atoms with Crippen molar-refractivity contribution in [1.29, 1.82) is 0 Å². The van der Waals surface area contributed by atoms with Crippen LogP contribution in [0.1, 0.15) is 17.7 Å². The summed E-state index contributed by atoms with van der Waals surface area (Å²) in [5, 5.41) is 24.1. The van der Waals surface area contributed by atoms with Crippen molar-refractivity contribution in [3.05, 3.63) is 39.6 Å². The van der Waals surface area contributed by atoms with Crippen molar-refractivity contribution in [2.75, 3.05) is 13.1 Å². The van der Waals surface area contributed by atoms with Crippen molar-refractivity contribution in [2.45, 2.75) is 19.9 Å². The predicted molar refractivity (Wildman–Crippen MR) is 96.7 cm³/mol. The number of carbonyl (C=O) groups is 2. The fourth-order valence-corrected chi connectivity index (χ4v) is 4.81. The molecule has 2 fully saturated rings. The average molecular weight is 411 g/mol. The Labute approximate surface area is 164 Å². The Morgan fingerprint density at radius 1 is 1.19 bits per heavy atom. The topological polar surface area (TPSA) is 104 Å². The molecule has 1 aliphatic heterocycles. The van der Waals surface area contributed by atoms with E-state index in [1.807, 2.05) is 4.90 Å². The molecule has 2 atom stereocenters. The molecular weight excluding hydrogens is 395 g/mol. The number of benzene rings is 1. The van der Waals surface area contributed by atoms with Gasteiger partial charge in [-0.05, 0) is 25.5 Å². The minimum Gasteiger partial charge on any atom is -0.481 e. The third-order valence-corrected chi connectivity index (χ3v) is 6.40. The van der Waals surface area contributed by atoms with E-state index in [1.165, 1.54) is 0 Å². The second kappa shape index (κ2) is 5.95. The number of aliphatic carboxylic acids is 2. The van der Waals surface area contributed by atoms with Gasteiger partial charge in [0.2, 0.25) is 0 Å². The molecule has 2 aromatic rings. The molecule has 27 heavy (non-hydrogen) atoms. The third kappa shape index (κ3) is 2.49. The number of likely N-dealkylation sites (tertiary alicyclic amines) is 1. The van der Waals surface area contributed by atoms with Gasteiger partial charge in [0.05, 0.1) is 20.9 Å². The van der Waals surface area contributed by atoms with E-state index in [1.54, 1.807) is 25.1 Å². The van der Waals surface area contributed by atoms with Gasteiger partial charge >= 0.3 is 11.9 Å². The smallest absolute Gasteiger partial charge is 0.312 e. The van der Waals surface area contributed by atoms with Crippen LogP contribution in [0.4, 0.5) is 0 Å². The maximum atomic E-state index is 11.7. The minimum absolute atomic E-state index is 0.160. The van der Waals surface area contributed by atoms with Crippen LogP contribution in [0.25, 0.3) is 11.3 Å². The van der Waals surface area contributed by atoms with Gasteiger partial charge in [-0.1, -0.05) is 34.4 Å². The van der Waals surface area contributed by atoms with Gasteiger partial charge in [-0.15, -0.1) is 0 Å². The van der Waals surface area contributed by atoms with E-state index < -0.39 is 22.8 Å². The summed E-state index contributed by atoms with van der Waals surface area (Å²) in [6.07, 6.45) is 0.160. The van der Waals surface area contributed by atoms with Gasteiger partial charge in [0.1, 0.15) is 11.5 Å². The van der Waals surface area contributed by atoms with Crippen LogP contribution in [-0.2, 0) is 16.1 Å². The summed E-state index contributed by atoms with van der Waals surface area (Å²) in [6, 6.07) is 5.11. The first-order chi connectivity index (χ1) is 12.7. The molecule has 2 heterocycles. The molecule has 0 unspecified atom stereocenters.